The molecule has 0 saturated carbocycles. The number of ether oxygens (including phenoxy) is 1. The number of alkyl halides is 2. The minimum absolute atomic E-state index is 0.0819. The summed E-state index contributed by atoms with van der Waals surface area (Å²) in [5, 5.41) is 15.0. The van der Waals surface area contributed by atoms with Crippen LogP contribution in [0.4, 0.5) is 14.5 Å². The van der Waals surface area contributed by atoms with Crippen LogP contribution in [0.1, 0.15) is 6.92 Å². The van der Waals surface area contributed by atoms with E-state index in [1.807, 2.05) is 0 Å². The van der Waals surface area contributed by atoms with E-state index in [0.29, 0.717) is 17.3 Å². The van der Waals surface area contributed by atoms with Gasteiger partial charge in [0.15, 0.2) is 5.11 Å². The lowest BCUT2D eigenvalue weighted by Gasteiger charge is -2.12. The number of rotatable bonds is 5. The van der Waals surface area contributed by atoms with Gasteiger partial charge in [0.1, 0.15) is 5.75 Å². The predicted octanol–water partition coefficient (Wildman–Crippen LogP) is 1.96. The molecule has 0 fully saturated rings. The Kier molecular flexibility index (Phi) is 5.73. The first kappa shape index (κ1) is 14.6. The van der Waals surface area contributed by atoms with Gasteiger partial charge < -0.3 is 20.5 Å². The van der Waals surface area contributed by atoms with Gasteiger partial charge in [-0.2, -0.15) is 8.78 Å². The lowest BCUT2D eigenvalue weighted by Crippen LogP contribution is -2.33. The molecule has 1 aromatic carbocycles. The van der Waals surface area contributed by atoms with Crippen LogP contribution >= 0.6 is 12.2 Å². The smallest absolute Gasteiger partial charge is 0.387 e. The Morgan fingerprint density at radius 2 is 2.00 bits per heavy atom. The zero-order chi connectivity index (χ0) is 13.5. The van der Waals surface area contributed by atoms with E-state index in [1.54, 1.807) is 19.1 Å². The van der Waals surface area contributed by atoms with Crippen molar-refractivity contribution in [2.45, 2.75) is 19.6 Å². The Bertz CT molecular complexity index is 385. The quantitative estimate of drug-likeness (QED) is 0.718. The molecule has 0 aromatic heterocycles. The minimum Gasteiger partial charge on any atom is -0.435 e. The maximum Gasteiger partial charge on any atom is 0.387 e. The van der Waals surface area contributed by atoms with E-state index in [-0.39, 0.29) is 5.75 Å². The molecule has 1 atom stereocenters. The molecule has 0 saturated heterocycles. The standard InChI is InChI=1S/C11H14F2N2O2S/c1-7(16)6-14-11(18)15-8-2-4-9(5-3-8)17-10(12)13/h2-5,7,10,16H,6H2,1H3,(H2,14,15,18)/t7-/m1/s1. The van der Waals surface area contributed by atoms with Crippen LogP contribution in [0, 0.1) is 0 Å². The Morgan fingerprint density at radius 3 is 2.50 bits per heavy atom. The van der Waals surface area contributed by atoms with Gasteiger partial charge in [0, 0.05) is 12.2 Å². The monoisotopic (exact) mass is 276 g/mol. The van der Waals surface area contributed by atoms with Gasteiger partial charge in [0.05, 0.1) is 6.10 Å². The van der Waals surface area contributed by atoms with Gasteiger partial charge in [0.2, 0.25) is 0 Å². The highest BCUT2D eigenvalue weighted by molar-refractivity contribution is 7.80. The van der Waals surface area contributed by atoms with Crippen molar-refractivity contribution in [3.63, 3.8) is 0 Å². The number of aliphatic hydroxyl groups is 1. The second kappa shape index (κ2) is 7.07. The summed E-state index contributed by atoms with van der Waals surface area (Å²) in [6.45, 7) is -0.873. The fraction of sp³-hybridized carbons (Fsp3) is 0.364. The van der Waals surface area contributed by atoms with Crippen LogP contribution in [0.5, 0.6) is 5.75 Å². The van der Waals surface area contributed by atoms with Crippen molar-refractivity contribution in [3.8, 4) is 5.75 Å². The Balaban J connectivity index is 2.45. The van der Waals surface area contributed by atoms with Crippen molar-refractivity contribution >= 4 is 23.0 Å². The van der Waals surface area contributed by atoms with Gasteiger partial charge >= 0.3 is 6.61 Å². The average molecular weight is 276 g/mol. The molecule has 0 aliphatic carbocycles. The highest BCUT2D eigenvalue weighted by atomic mass is 32.1. The van der Waals surface area contributed by atoms with Crippen molar-refractivity contribution in [2.24, 2.45) is 0 Å². The molecule has 0 bridgehead atoms. The van der Waals surface area contributed by atoms with Crippen LogP contribution in [0.3, 0.4) is 0 Å². The number of hydrogen-bond donors (Lipinski definition) is 3. The van der Waals surface area contributed by atoms with Gasteiger partial charge in [-0.25, -0.2) is 0 Å². The van der Waals surface area contributed by atoms with E-state index in [9.17, 15) is 8.78 Å². The first-order valence-electron chi connectivity index (χ1n) is 5.25. The first-order valence-corrected chi connectivity index (χ1v) is 5.66. The number of aliphatic hydroxyl groups excluding tert-OH is 1. The molecule has 7 heteroatoms. The average Bonchev–Trinajstić information content (AvgIpc) is 2.28. The largest absolute Gasteiger partial charge is 0.435 e. The molecule has 0 radical (unpaired) electrons. The molecule has 1 aromatic rings. The van der Waals surface area contributed by atoms with Crippen LogP contribution in [-0.2, 0) is 0 Å². The van der Waals surface area contributed by atoms with Gasteiger partial charge in [-0.1, -0.05) is 0 Å². The molecule has 18 heavy (non-hydrogen) atoms. The van der Waals surface area contributed by atoms with Crippen LogP contribution in [0.15, 0.2) is 24.3 Å². The summed E-state index contributed by atoms with van der Waals surface area (Å²) in [7, 11) is 0. The molecular formula is C11H14F2N2O2S. The Morgan fingerprint density at radius 1 is 1.39 bits per heavy atom. The van der Waals surface area contributed by atoms with E-state index in [4.69, 9.17) is 17.3 Å². The first-order chi connectivity index (χ1) is 8.47. The number of anilines is 1. The number of hydrogen-bond acceptors (Lipinski definition) is 3. The van der Waals surface area contributed by atoms with E-state index in [1.165, 1.54) is 12.1 Å². The lowest BCUT2D eigenvalue weighted by molar-refractivity contribution is -0.0498. The zero-order valence-electron chi connectivity index (χ0n) is 9.69. The van der Waals surface area contributed by atoms with Gasteiger partial charge in [-0.05, 0) is 43.4 Å². The maximum atomic E-state index is 11.9. The SMILES string of the molecule is C[C@@H](O)CNC(=S)Nc1ccc(OC(F)F)cc1. The third-order valence-corrected chi connectivity index (χ3v) is 2.14. The van der Waals surface area contributed by atoms with Crippen molar-refractivity contribution in [3.05, 3.63) is 24.3 Å². The third-order valence-electron chi connectivity index (χ3n) is 1.90. The summed E-state index contributed by atoms with van der Waals surface area (Å²) in [6, 6.07) is 5.94. The fourth-order valence-electron chi connectivity index (χ4n) is 1.14. The van der Waals surface area contributed by atoms with Gasteiger partial charge in [0.25, 0.3) is 0 Å². The Labute approximate surface area is 109 Å². The Hall–Kier alpha value is -1.47. The number of benzene rings is 1. The normalized spacial score (nSPS) is 12.1. The van der Waals surface area contributed by atoms with Crippen molar-refractivity contribution in [2.75, 3.05) is 11.9 Å². The number of thiocarbonyl (C=S) groups is 1. The molecular weight excluding hydrogens is 262 g/mol. The second-order valence-electron chi connectivity index (χ2n) is 3.59. The van der Waals surface area contributed by atoms with Crippen LogP contribution < -0.4 is 15.4 Å². The number of nitrogens with one attached hydrogen (secondary N) is 2. The van der Waals surface area contributed by atoms with E-state index in [0.717, 1.165) is 0 Å². The van der Waals surface area contributed by atoms with E-state index >= 15 is 0 Å². The zero-order valence-corrected chi connectivity index (χ0v) is 10.5. The van der Waals surface area contributed by atoms with Gasteiger partial charge in [-0.15, -0.1) is 0 Å². The third kappa shape index (κ3) is 5.74. The molecule has 0 spiro atoms. The molecule has 0 aliphatic rings. The lowest BCUT2D eigenvalue weighted by atomic mass is 10.3. The van der Waals surface area contributed by atoms with Crippen molar-refractivity contribution in [1.29, 1.82) is 0 Å². The fourth-order valence-corrected chi connectivity index (χ4v) is 1.34. The molecule has 0 amide bonds. The van der Waals surface area contributed by atoms with E-state index in [2.05, 4.69) is 15.4 Å². The molecule has 0 unspecified atom stereocenters. The second-order valence-corrected chi connectivity index (χ2v) is 4.00. The molecule has 100 valence electrons. The van der Waals surface area contributed by atoms with Crippen molar-refractivity contribution < 1.29 is 18.6 Å². The van der Waals surface area contributed by atoms with Crippen LogP contribution in [-0.4, -0.2) is 29.5 Å². The summed E-state index contributed by atoms with van der Waals surface area (Å²) < 4.78 is 28.0. The number of halogens is 2. The highest BCUT2D eigenvalue weighted by Gasteiger charge is 2.04. The molecule has 0 aliphatic heterocycles. The summed E-state index contributed by atoms with van der Waals surface area (Å²) in [6.07, 6.45) is -0.508. The highest BCUT2D eigenvalue weighted by Crippen LogP contribution is 2.17. The summed E-state index contributed by atoms with van der Waals surface area (Å²) in [4.78, 5) is 0. The molecule has 0 heterocycles. The summed E-state index contributed by atoms with van der Waals surface area (Å²) in [5.41, 5.74) is 0.639. The summed E-state index contributed by atoms with van der Waals surface area (Å²) >= 11 is 4.97. The summed E-state index contributed by atoms with van der Waals surface area (Å²) in [5.74, 6) is 0.0819. The van der Waals surface area contributed by atoms with E-state index < -0.39 is 12.7 Å². The maximum absolute atomic E-state index is 11.9. The molecule has 1 rings (SSSR count). The molecule has 4 nitrogen and oxygen atoms in total. The van der Waals surface area contributed by atoms with Crippen LogP contribution in [0.25, 0.3) is 0 Å². The van der Waals surface area contributed by atoms with Gasteiger partial charge in [-0.3, -0.25) is 0 Å². The molecule has 3 N–H and O–H groups in total. The topological polar surface area (TPSA) is 53.5 Å². The minimum atomic E-state index is -2.84. The van der Waals surface area contributed by atoms with Crippen LogP contribution in [0.2, 0.25) is 0 Å². The predicted molar refractivity (Wildman–Crippen MR) is 69.0 cm³/mol. The van der Waals surface area contributed by atoms with Crippen molar-refractivity contribution in [1.82, 2.24) is 5.32 Å².